The summed E-state index contributed by atoms with van der Waals surface area (Å²) >= 11 is 1.62. The summed E-state index contributed by atoms with van der Waals surface area (Å²) in [6.45, 7) is 4.88. The van der Waals surface area contributed by atoms with E-state index in [0.29, 0.717) is 6.61 Å². The van der Waals surface area contributed by atoms with Gasteiger partial charge in [-0.15, -0.1) is 0 Å². The predicted molar refractivity (Wildman–Crippen MR) is 95.3 cm³/mol. The van der Waals surface area contributed by atoms with Crippen molar-refractivity contribution in [1.29, 1.82) is 0 Å². The summed E-state index contributed by atoms with van der Waals surface area (Å²) in [5, 5.41) is 2.83. The highest BCUT2D eigenvalue weighted by atomic mass is 32.2. The molecule has 0 aromatic heterocycles. The number of nitrogens with zero attached hydrogens (tertiary/aromatic N) is 1. The van der Waals surface area contributed by atoms with Crippen LogP contribution in [0.4, 0.5) is 15.8 Å². The fraction of sp³-hybridized carbons (Fsp3) is 0.278. The Hall–Kier alpha value is -2.21. The third kappa shape index (κ3) is 3.64. The Balaban J connectivity index is 1.63. The van der Waals surface area contributed by atoms with Gasteiger partial charge in [0.2, 0.25) is 5.91 Å². The summed E-state index contributed by atoms with van der Waals surface area (Å²) in [7, 11) is 0. The quantitative estimate of drug-likeness (QED) is 0.884. The summed E-state index contributed by atoms with van der Waals surface area (Å²) in [4.78, 5) is 14.2. The van der Waals surface area contributed by atoms with Crippen LogP contribution in [0.2, 0.25) is 0 Å². The van der Waals surface area contributed by atoms with Crippen LogP contribution in [0.15, 0.2) is 47.4 Å². The molecule has 0 spiro atoms. The first-order valence-electron chi connectivity index (χ1n) is 7.80. The second kappa shape index (κ2) is 7.13. The fourth-order valence-electron chi connectivity index (χ4n) is 2.69. The van der Waals surface area contributed by atoms with Crippen molar-refractivity contribution in [1.82, 2.24) is 0 Å². The van der Waals surface area contributed by atoms with Crippen molar-refractivity contribution >= 4 is 29.0 Å². The first-order chi connectivity index (χ1) is 11.6. The Morgan fingerprint density at radius 3 is 2.71 bits per heavy atom. The SMILES string of the molecule is CCN1c2ccc(F)cc2SC1COc1ccc(NC(C)=O)cc1. The molecule has 24 heavy (non-hydrogen) atoms. The molecule has 0 radical (unpaired) electrons. The first-order valence-corrected chi connectivity index (χ1v) is 8.68. The number of thioether (sulfide) groups is 1. The van der Waals surface area contributed by atoms with Crippen molar-refractivity contribution in [2.75, 3.05) is 23.4 Å². The molecular weight excluding hydrogens is 327 g/mol. The van der Waals surface area contributed by atoms with E-state index in [-0.39, 0.29) is 17.1 Å². The second-order valence-electron chi connectivity index (χ2n) is 5.49. The minimum Gasteiger partial charge on any atom is -0.491 e. The van der Waals surface area contributed by atoms with E-state index in [1.54, 1.807) is 30.0 Å². The summed E-state index contributed by atoms with van der Waals surface area (Å²) < 4.78 is 19.3. The molecular formula is C18H19FN2O2S. The third-order valence-corrected chi connectivity index (χ3v) is 4.99. The zero-order valence-electron chi connectivity index (χ0n) is 13.6. The lowest BCUT2D eigenvalue weighted by atomic mass is 10.2. The van der Waals surface area contributed by atoms with Gasteiger partial charge in [0.25, 0.3) is 0 Å². The Kier molecular flexibility index (Phi) is 4.94. The maximum atomic E-state index is 13.4. The number of amides is 1. The van der Waals surface area contributed by atoms with Crippen molar-refractivity contribution in [2.45, 2.75) is 24.1 Å². The van der Waals surface area contributed by atoms with Gasteiger partial charge >= 0.3 is 0 Å². The molecule has 1 atom stereocenters. The van der Waals surface area contributed by atoms with Crippen LogP contribution in [-0.2, 0) is 4.79 Å². The number of anilines is 2. The number of likely N-dealkylation sites (N-methyl/N-ethyl adjacent to an activating group) is 1. The zero-order valence-corrected chi connectivity index (χ0v) is 14.4. The molecule has 126 valence electrons. The van der Waals surface area contributed by atoms with Gasteiger partial charge in [-0.1, -0.05) is 11.8 Å². The fourth-order valence-corrected chi connectivity index (χ4v) is 3.99. The average Bonchev–Trinajstić information content (AvgIpc) is 2.90. The van der Waals surface area contributed by atoms with Crippen LogP contribution in [-0.4, -0.2) is 24.4 Å². The molecule has 2 aromatic carbocycles. The van der Waals surface area contributed by atoms with Gasteiger partial charge in [-0.3, -0.25) is 4.79 Å². The number of benzene rings is 2. The van der Waals surface area contributed by atoms with Gasteiger partial charge in [0.1, 0.15) is 23.5 Å². The van der Waals surface area contributed by atoms with E-state index in [9.17, 15) is 9.18 Å². The van der Waals surface area contributed by atoms with Gasteiger partial charge in [-0.05, 0) is 49.4 Å². The monoisotopic (exact) mass is 346 g/mol. The lowest BCUT2D eigenvalue weighted by molar-refractivity contribution is -0.114. The van der Waals surface area contributed by atoms with E-state index in [1.165, 1.54) is 13.0 Å². The Morgan fingerprint density at radius 1 is 1.29 bits per heavy atom. The second-order valence-corrected chi connectivity index (χ2v) is 6.71. The number of carbonyl (C=O) groups excluding carboxylic acids is 1. The molecule has 1 aliphatic rings. The van der Waals surface area contributed by atoms with Gasteiger partial charge in [-0.25, -0.2) is 4.39 Å². The largest absolute Gasteiger partial charge is 0.491 e. The van der Waals surface area contributed by atoms with E-state index >= 15 is 0 Å². The molecule has 1 aliphatic heterocycles. The van der Waals surface area contributed by atoms with Crippen molar-refractivity contribution in [3.63, 3.8) is 0 Å². The van der Waals surface area contributed by atoms with Crippen molar-refractivity contribution in [2.24, 2.45) is 0 Å². The van der Waals surface area contributed by atoms with Crippen LogP contribution in [0.3, 0.4) is 0 Å². The molecule has 1 unspecified atom stereocenters. The highest BCUT2D eigenvalue weighted by Crippen LogP contribution is 2.43. The van der Waals surface area contributed by atoms with Gasteiger partial charge in [0.05, 0.1) is 5.69 Å². The summed E-state index contributed by atoms with van der Waals surface area (Å²) in [6.07, 6.45) is 0. The van der Waals surface area contributed by atoms with Crippen LogP contribution in [0.5, 0.6) is 5.75 Å². The normalized spacial score (nSPS) is 16.0. The smallest absolute Gasteiger partial charge is 0.221 e. The zero-order chi connectivity index (χ0) is 17.1. The van der Waals surface area contributed by atoms with Crippen molar-refractivity contribution in [3.8, 4) is 5.75 Å². The molecule has 1 heterocycles. The van der Waals surface area contributed by atoms with Crippen LogP contribution in [0.25, 0.3) is 0 Å². The first kappa shape index (κ1) is 16.6. The third-order valence-electron chi connectivity index (χ3n) is 3.75. The van der Waals surface area contributed by atoms with E-state index < -0.39 is 0 Å². The number of carbonyl (C=O) groups is 1. The van der Waals surface area contributed by atoms with Gasteiger partial charge in [-0.2, -0.15) is 0 Å². The number of hydrogen-bond donors (Lipinski definition) is 1. The highest BCUT2D eigenvalue weighted by Gasteiger charge is 2.29. The molecule has 2 aromatic rings. The van der Waals surface area contributed by atoms with Crippen LogP contribution < -0.4 is 15.0 Å². The summed E-state index contributed by atoms with van der Waals surface area (Å²) in [6, 6.07) is 12.2. The van der Waals surface area contributed by atoms with Crippen molar-refractivity contribution in [3.05, 3.63) is 48.3 Å². The maximum absolute atomic E-state index is 13.4. The minimum absolute atomic E-state index is 0.102. The highest BCUT2D eigenvalue weighted by molar-refractivity contribution is 8.00. The summed E-state index contributed by atoms with van der Waals surface area (Å²) in [5.41, 5.74) is 1.79. The van der Waals surface area contributed by atoms with Crippen LogP contribution in [0.1, 0.15) is 13.8 Å². The average molecular weight is 346 g/mol. The molecule has 1 N–H and O–H groups in total. The lowest BCUT2D eigenvalue weighted by Gasteiger charge is -2.25. The van der Waals surface area contributed by atoms with Gasteiger partial charge in [0.15, 0.2) is 0 Å². The molecule has 0 saturated heterocycles. The standard InChI is InChI=1S/C18H19FN2O2S/c1-3-21-16-9-4-13(19)10-17(16)24-18(21)11-23-15-7-5-14(6-8-15)20-12(2)22/h4-10,18H,3,11H2,1-2H3,(H,20,22). The molecule has 3 rings (SSSR count). The predicted octanol–water partition coefficient (Wildman–Crippen LogP) is 4.12. The van der Waals surface area contributed by atoms with Crippen molar-refractivity contribution < 1.29 is 13.9 Å². The number of hydrogen-bond acceptors (Lipinski definition) is 4. The molecule has 0 fully saturated rings. The molecule has 0 saturated carbocycles. The number of fused-ring (bicyclic) bond motifs is 1. The Bertz CT molecular complexity index is 736. The molecule has 0 aliphatic carbocycles. The van der Waals surface area contributed by atoms with Gasteiger partial charge in [0, 0.05) is 24.1 Å². The van der Waals surface area contributed by atoms with Crippen LogP contribution in [0, 0.1) is 5.82 Å². The lowest BCUT2D eigenvalue weighted by Crippen LogP contribution is -2.33. The Morgan fingerprint density at radius 2 is 2.04 bits per heavy atom. The maximum Gasteiger partial charge on any atom is 0.221 e. The van der Waals surface area contributed by atoms with E-state index in [0.717, 1.165) is 28.6 Å². The number of nitrogens with one attached hydrogen (secondary N) is 1. The molecule has 4 nitrogen and oxygen atoms in total. The number of rotatable bonds is 5. The van der Waals surface area contributed by atoms with Crippen LogP contribution >= 0.6 is 11.8 Å². The topological polar surface area (TPSA) is 41.6 Å². The number of ether oxygens (including phenoxy) is 1. The van der Waals surface area contributed by atoms with E-state index in [1.807, 2.05) is 18.2 Å². The van der Waals surface area contributed by atoms with E-state index in [2.05, 4.69) is 17.1 Å². The number of halogens is 1. The minimum atomic E-state index is -0.215. The summed E-state index contributed by atoms with van der Waals surface area (Å²) in [5.74, 6) is 0.421. The molecule has 1 amide bonds. The molecule has 6 heteroatoms. The van der Waals surface area contributed by atoms with E-state index in [4.69, 9.17) is 4.74 Å². The molecule has 0 bridgehead atoms. The van der Waals surface area contributed by atoms with Gasteiger partial charge < -0.3 is 15.0 Å². The Labute approximate surface area is 145 Å².